The number of Topliss-reactive ketones (excluding diaryl/α,β-unsaturated/α-hetero) is 1. The second-order valence-electron chi connectivity index (χ2n) is 6.34. The molecule has 1 aliphatic rings. The number of hydrogen-bond acceptors (Lipinski definition) is 3. The van der Waals surface area contributed by atoms with E-state index in [-0.39, 0.29) is 11.5 Å². The summed E-state index contributed by atoms with van der Waals surface area (Å²) in [5.74, 6) is 0.403. The normalized spacial score (nSPS) is 16.1. The maximum Gasteiger partial charge on any atom is 0.159 e. The summed E-state index contributed by atoms with van der Waals surface area (Å²) in [6, 6.07) is 7.32. The predicted molar refractivity (Wildman–Crippen MR) is 100 cm³/mol. The van der Waals surface area contributed by atoms with Gasteiger partial charge in [0.05, 0.1) is 0 Å². The monoisotopic (exact) mass is 325 g/mol. The van der Waals surface area contributed by atoms with Crippen LogP contribution in [0.25, 0.3) is 0 Å². The molecule has 0 amide bonds. The molecule has 0 spiro atoms. The van der Waals surface area contributed by atoms with Gasteiger partial charge in [0.25, 0.3) is 0 Å². The van der Waals surface area contributed by atoms with E-state index in [1.807, 2.05) is 18.2 Å². The third-order valence-corrected chi connectivity index (χ3v) is 4.33. The summed E-state index contributed by atoms with van der Waals surface area (Å²) in [7, 11) is 0. The fourth-order valence-corrected chi connectivity index (χ4v) is 2.85. The molecule has 0 saturated carbocycles. The number of ketones is 1. The summed E-state index contributed by atoms with van der Waals surface area (Å²) in [4.78, 5) is 14.2. The predicted octanol–water partition coefficient (Wildman–Crippen LogP) is 4.79. The van der Waals surface area contributed by atoms with Gasteiger partial charge in [0, 0.05) is 24.4 Å². The van der Waals surface area contributed by atoms with Crippen LogP contribution in [0.2, 0.25) is 0 Å². The third-order valence-electron chi connectivity index (χ3n) is 4.33. The third kappa shape index (κ3) is 4.85. The van der Waals surface area contributed by atoms with Crippen molar-refractivity contribution in [3.05, 3.63) is 59.2 Å². The van der Waals surface area contributed by atoms with Gasteiger partial charge in [-0.05, 0) is 62.6 Å². The van der Waals surface area contributed by atoms with E-state index in [4.69, 9.17) is 0 Å². The van der Waals surface area contributed by atoms with Crippen LogP contribution in [0.15, 0.2) is 59.2 Å². The van der Waals surface area contributed by atoms with Crippen LogP contribution in [0.4, 0.5) is 5.69 Å². The Morgan fingerprint density at radius 1 is 1.29 bits per heavy atom. The Morgan fingerprint density at radius 3 is 2.58 bits per heavy atom. The molecule has 24 heavy (non-hydrogen) atoms. The molecular formula is C21H27NO2. The number of unbranched alkanes of at least 4 members (excludes halogenated alkanes) is 1. The van der Waals surface area contributed by atoms with Crippen LogP contribution in [-0.4, -0.2) is 24.0 Å². The number of nitrogens with zero attached hydrogens (tertiary/aromatic N) is 1. The largest absolute Gasteiger partial charge is 0.508 e. The Hall–Kier alpha value is -2.29. The van der Waals surface area contributed by atoms with Crippen LogP contribution < -0.4 is 4.90 Å². The van der Waals surface area contributed by atoms with Crippen molar-refractivity contribution in [2.75, 3.05) is 18.0 Å². The summed E-state index contributed by atoms with van der Waals surface area (Å²) in [6.07, 6.45) is 9.10. The molecule has 3 nitrogen and oxygen atoms in total. The van der Waals surface area contributed by atoms with Crippen molar-refractivity contribution in [2.45, 2.75) is 40.0 Å². The molecule has 1 aliphatic heterocycles. The minimum atomic E-state index is 0.114. The zero-order valence-corrected chi connectivity index (χ0v) is 14.9. The van der Waals surface area contributed by atoms with Gasteiger partial charge < -0.3 is 10.0 Å². The van der Waals surface area contributed by atoms with E-state index in [2.05, 4.69) is 30.9 Å². The lowest BCUT2D eigenvalue weighted by atomic mass is 9.97. The van der Waals surface area contributed by atoms with E-state index < -0.39 is 0 Å². The van der Waals surface area contributed by atoms with Crippen molar-refractivity contribution in [1.82, 2.24) is 0 Å². The fourth-order valence-electron chi connectivity index (χ4n) is 2.85. The fraction of sp³-hybridized carbons (Fsp3) is 0.381. The number of hydrogen-bond donors (Lipinski definition) is 1. The highest BCUT2D eigenvalue weighted by Crippen LogP contribution is 2.26. The number of benzene rings is 1. The molecule has 128 valence electrons. The van der Waals surface area contributed by atoms with Gasteiger partial charge in [-0.3, -0.25) is 4.79 Å². The Balaban J connectivity index is 2.16. The lowest BCUT2D eigenvalue weighted by molar-refractivity contribution is -0.113. The van der Waals surface area contributed by atoms with Gasteiger partial charge in [0.15, 0.2) is 5.78 Å². The molecule has 0 bridgehead atoms. The van der Waals surface area contributed by atoms with Crippen molar-refractivity contribution < 1.29 is 9.90 Å². The van der Waals surface area contributed by atoms with Gasteiger partial charge in [-0.15, -0.1) is 0 Å². The maximum absolute atomic E-state index is 11.9. The Bertz CT molecular complexity index is 666. The molecule has 1 heterocycles. The highest BCUT2D eigenvalue weighted by atomic mass is 16.3. The van der Waals surface area contributed by atoms with E-state index in [0.29, 0.717) is 0 Å². The van der Waals surface area contributed by atoms with Crippen LogP contribution in [0.3, 0.4) is 0 Å². The number of carbonyl (C=O) groups excluding carboxylic acids is 1. The first-order chi connectivity index (χ1) is 11.5. The first-order valence-corrected chi connectivity index (χ1v) is 8.63. The topological polar surface area (TPSA) is 40.5 Å². The van der Waals surface area contributed by atoms with Crippen molar-refractivity contribution in [3.63, 3.8) is 0 Å². The van der Waals surface area contributed by atoms with Gasteiger partial charge >= 0.3 is 0 Å². The summed E-state index contributed by atoms with van der Waals surface area (Å²) in [5.41, 5.74) is 4.45. The smallest absolute Gasteiger partial charge is 0.159 e. The number of anilines is 1. The molecule has 3 heteroatoms. The van der Waals surface area contributed by atoms with Crippen LogP contribution in [0.5, 0.6) is 5.75 Å². The first-order valence-electron chi connectivity index (χ1n) is 8.63. The van der Waals surface area contributed by atoms with E-state index >= 15 is 0 Å². The zero-order valence-electron chi connectivity index (χ0n) is 14.9. The second-order valence-corrected chi connectivity index (χ2v) is 6.34. The number of phenolic OH excluding ortho intramolecular Hbond substituents is 1. The molecule has 1 aromatic rings. The molecule has 0 radical (unpaired) electrons. The molecule has 0 aromatic heterocycles. The van der Waals surface area contributed by atoms with E-state index in [1.165, 1.54) is 11.1 Å². The quantitative estimate of drug-likeness (QED) is 0.604. The van der Waals surface area contributed by atoms with Crippen molar-refractivity contribution >= 4 is 11.5 Å². The zero-order chi connectivity index (χ0) is 17.5. The number of phenols is 1. The van der Waals surface area contributed by atoms with Crippen LogP contribution >= 0.6 is 0 Å². The molecular weight excluding hydrogens is 298 g/mol. The first kappa shape index (κ1) is 18.1. The molecule has 1 aromatic carbocycles. The standard InChI is InChI=1S/C21H27NO2/c1-4-5-6-7-19(17(3)23)14-18-12-13-22(15-16(18)2)20-8-10-21(24)11-9-20/h6-11,14,24H,4-5,12-13,15H2,1-3H3/b7-6+,19-14+. The van der Waals surface area contributed by atoms with Crippen molar-refractivity contribution in [2.24, 2.45) is 0 Å². The summed E-state index contributed by atoms with van der Waals surface area (Å²) in [5, 5.41) is 9.41. The highest BCUT2D eigenvalue weighted by Gasteiger charge is 2.16. The molecule has 0 aliphatic carbocycles. The number of rotatable bonds is 6. The molecule has 1 N–H and O–H groups in total. The van der Waals surface area contributed by atoms with Gasteiger partial charge in [-0.25, -0.2) is 0 Å². The number of carbonyl (C=O) groups is 1. The summed E-state index contributed by atoms with van der Waals surface area (Å²) in [6.45, 7) is 7.65. The van der Waals surface area contributed by atoms with E-state index in [0.717, 1.165) is 43.6 Å². The maximum atomic E-state index is 11.9. The molecule has 0 atom stereocenters. The van der Waals surface area contributed by atoms with Gasteiger partial charge in [0.2, 0.25) is 0 Å². The molecule has 0 fully saturated rings. The molecule has 0 unspecified atom stereocenters. The average Bonchev–Trinajstić information content (AvgIpc) is 2.56. The summed E-state index contributed by atoms with van der Waals surface area (Å²) >= 11 is 0. The SMILES string of the molecule is CCC/C=C/C(=C\C1=C(C)CN(c2ccc(O)cc2)CC1)C(C)=O. The molecule has 2 rings (SSSR count). The minimum Gasteiger partial charge on any atom is -0.508 e. The van der Waals surface area contributed by atoms with Gasteiger partial charge in [0.1, 0.15) is 5.75 Å². The minimum absolute atomic E-state index is 0.114. The average molecular weight is 325 g/mol. The number of allylic oxidation sites excluding steroid dienone is 4. The van der Waals surface area contributed by atoms with Gasteiger partial charge in [-0.1, -0.05) is 31.1 Å². The van der Waals surface area contributed by atoms with Crippen LogP contribution in [-0.2, 0) is 4.79 Å². The summed E-state index contributed by atoms with van der Waals surface area (Å²) < 4.78 is 0. The number of aromatic hydroxyl groups is 1. The Labute approximate surface area is 145 Å². The molecule has 0 saturated heterocycles. The lowest BCUT2D eigenvalue weighted by Crippen LogP contribution is -2.30. The lowest BCUT2D eigenvalue weighted by Gasteiger charge is -2.31. The van der Waals surface area contributed by atoms with E-state index in [9.17, 15) is 9.90 Å². The van der Waals surface area contributed by atoms with Crippen molar-refractivity contribution in [3.8, 4) is 5.75 Å². The Kier molecular flexibility index (Phi) is 6.42. The highest BCUT2D eigenvalue weighted by molar-refractivity contribution is 5.96. The Morgan fingerprint density at radius 2 is 2.00 bits per heavy atom. The van der Waals surface area contributed by atoms with Gasteiger partial charge in [-0.2, -0.15) is 0 Å². The second kappa shape index (κ2) is 8.53. The van der Waals surface area contributed by atoms with Crippen LogP contribution in [0.1, 0.15) is 40.0 Å². The van der Waals surface area contributed by atoms with Crippen LogP contribution in [0, 0.1) is 0 Å². The van der Waals surface area contributed by atoms with Crippen molar-refractivity contribution in [1.29, 1.82) is 0 Å². The van der Waals surface area contributed by atoms with E-state index in [1.54, 1.807) is 19.1 Å².